The van der Waals surface area contributed by atoms with Gasteiger partial charge in [0.2, 0.25) is 0 Å². The molecule has 0 saturated carbocycles. The molecule has 2 heterocycles. The van der Waals surface area contributed by atoms with E-state index in [4.69, 9.17) is 0 Å². The zero-order valence-corrected chi connectivity index (χ0v) is 14.7. The van der Waals surface area contributed by atoms with E-state index in [0.717, 1.165) is 17.5 Å². The van der Waals surface area contributed by atoms with Crippen molar-refractivity contribution in [2.75, 3.05) is 26.2 Å². The lowest BCUT2D eigenvalue weighted by Gasteiger charge is -2.34. The summed E-state index contributed by atoms with van der Waals surface area (Å²) in [4.78, 5) is 16.6. The fourth-order valence-corrected chi connectivity index (χ4v) is 3.26. The Bertz CT molecular complexity index is 795. The summed E-state index contributed by atoms with van der Waals surface area (Å²) >= 11 is 0. The first-order valence-electron chi connectivity index (χ1n) is 8.33. The van der Waals surface area contributed by atoms with Crippen LogP contribution < -0.4 is 0 Å². The van der Waals surface area contributed by atoms with Crippen LogP contribution in [0.5, 0.6) is 0 Å². The van der Waals surface area contributed by atoms with Crippen LogP contribution in [0.2, 0.25) is 0 Å². The lowest BCUT2D eigenvalue weighted by Crippen LogP contribution is -2.48. The van der Waals surface area contributed by atoms with Gasteiger partial charge in [-0.3, -0.25) is 14.4 Å². The summed E-state index contributed by atoms with van der Waals surface area (Å²) in [5, 5.41) is 4.30. The number of amides is 1. The summed E-state index contributed by atoms with van der Waals surface area (Å²) in [6, 6.07) is 4.23. The number of halogens is 2. The van der Waals surface area contributed by atoms with Crippen molar-refractivity contribution in [2.45, 2.75) is 20.4 Å². The molecule has 134 valence electrons. The predicted octanol–water partition coefficient (Wildman–Crippen LogP) is 2.27. The number of carbonyl (C=O) groups excluding carboxylic acids is 1. The average molecular weight is 348 g/mol. The molecule has 1 saturated heterocycles. The highest BCUT2D eigenvalue weighted by atomic mass is 19.2. The van der Waals surface area contributed by atoms with Gasteiger partial charge in [-0.1, -0.05) is 12.1 Å². The van der Waals surface area contributed by atoms with E-state index < -0.39 is 11.6 Å². The number of rotatable bonds is 3. The standard InChI is InChI=1S/C18H22F2N4O/c1-12-16(13(2)22(3)21-12)18(25)24-9-7-23(8-10-24)11-14-5-4-6-15(19)17(14)20/h4-6H,7-11H2,1-3H3. The number of aromatic nitrogens is 2. The second-order valence-corrected chi connectivity index (χ2v) is 6.45. The molecule has 0 unspecified atom stereocenters. The van der Waals surface area contributed by atoms with Gasteiger partial charge >= 0.3 is 0 Å². The molecule has 0 N–H and O–H groups in total. The fraction of sp³-hybridized carbons (Fsp3) is 0.444. The normalized spacial score (nSPS) is 15.6. The number of benzene rings is 1. The zero-order chi connectivity index (χ0) is 18.1. The molecule has 1 aromatic heterocycles. The van der Waals surface area contributed by atoms with Gasteiger partial charge in [0.1, 0.15) is 0 Å². The Morgan fingerprint density at radius 1 is 1.16 bits per heavy atom. The summed E-state index contributed by atoms with van der Waals surface area (Å²) in [5.74, 6) is -1.63. The average Bonchev–Trinajstić information content (AvgIpc) is 2.84. The Morgan fingerprint density at radius 2 is 1.84 bits per heavy atom. The predicted molar refractivity (Wildman–Crippen MR) is 90.2 cm³/mol. The van der Waals surface area contributed by atoms with Crippen LogP contribution >= 0.6 is 0 Å². The van der Waals surface area contributed by atoms with Crippen LogP contribution in [0.3, 0.4) is 0 Å². The Kier molecular flexibility index (Phi) is 4.85. The molecule has 1 aromatic carbocycles. The topological polar surface area (TPSA) is 41.4 Å². The molecule has 1 fully saturated rings. The Hall–Kier alpha value is -2.28. The van der Waals surface area contributed by atoms with Gasteiger partial charge in [-0.05, 0) is 19.9 Å². The minimum atomic E-state index is -0.825. The van der Waals surface area contributed by atoms with E-state index in [2.05, 4.69) is 5.10 Å². The van der Waals surface area contributed by atoms with Crippen LogP contribution in [0.4, 0.5) is 8.78 Å². The van der Waals surface area contributed by atoms with Crippen molar-refractivity contribution in [1.29, 1.82) is 0 Å². The van der Waals surface area contributed by atoms with Crippen molar-refractivity contribution < 1.29 is 13.6 Å². The first-order valence-corrected chi connectivity index (χ1v) is 8.33. The molecule has 1 aliphatic heterocycles. The third kappa shape index (κ3) is 3.42. The third-order valence-corrected chi connectivity index (χ3v) is 4.81. The van der Waals surface area contributed by atoms with E-state index in [0.29, 0.717) is 43.9 Å². The van der Waals surface area contributed by atoms with Crippen LogP contribution in [0.15, 0.2) is 18.2 Å². The van der Waals surface area contributed by atoms with Crippen molar-refractivity contribution >= 4 is 5.91 Å². The minimum absolute atomic E-state index is 0.0142. The quantitative estimate of drug-likeness (QED) is 0.855. The van der Waals surface area contributed by atoms with Gasteiger partial charge in [0, 0.05) is 51.0 Å². The summed E-state index contributed by atoms with van der Waals surface area (Å²) in [6.45, 7) is 6.43. The van der Waals surface area contributed by atoms with Gasteiger partial charge in [0.15, 0.2) is 11.6 Å². The number of hydrogen-bond acceptors (Lipinski definition) is 3. The smallest absolute Gasteiger partial charge is 0.257 e. The monoisotopic (exact) mass is 348 g/mol. The van der Waals surface area contributed by atoms with Gasteiger partial charge < -0.3 is 4.90 Å². The first kappa shape index (κ1) is 17.5. The summed E-state index contributed by atoms with van der Waals surface area (Å²) in [5.41, 5.74) is 2.59. The van der Waals surface area contributed by atoms with Crippen molar-refractivity contribution in [1.82, 2.24) is 19.6 Å². The van der Waals surface area contributed by atoms with Gasteiger partial charge in [0.05, 0.1) is 11.3 Å². The van der Waals surface area contributed by atoms with Crippen LogP contribution in [-0.2, 0) is 13.6 Å². The number of nitrogens with zero attached hydrogens (tertiary/aromatic N) is 4. The number of piperazine rings is 1. The second kappa shape index (κ2) is 6.92. The molecular weight excluding hydrogens is 326 g/mol. The Morgan fingerprint density at radius 3 is 2.44 bits per heavy atom. The molecule has 3 rings (SSSR count). The maximum atomic E-state index is 13.8. The van der Waals surface area contributed by atoms with Crippen molar-refractivity contribution in [2.24, 2.45) is 7.05 Å². The fourth-order valence-electron chi connectivity index (χ4n) is 3.26. The Labute approximate surface area is 145 Å². The number of hydrogen-bond donors (Lipinski definition) is 0. The highest BCUT2D eigenvalue weighted by Crippen LogP contribution is 2.18. The summed E-state index contributed by atoms with van der Waals surface area (Å²) < 4.78 is 28.8. The third-order valence-electron chi connectivity index (χ3n) is 4.81. The van der Waals surface area contributed by atoms with Crippen molar-refractivity contribution in [3.8, 4) is 0 Å². The molecule has 5 nitrogen and oxygen atoms in total. The van der Waals surface area contributed by atoms with Crippen LogP contribution in [0.25, 0.3) is 0 Å². The van der Waals surface area contributed by atoms with Crippen LogP contribution in [0.1, 0.15) is 27.3 Å². The molecule has 7 heteroatoms. The van der Waals surface area contributed by atoms with Crippen LogP contribution in [0, 0.1) is 25.5 Å². The zero-order valence-electron chi connectivity index (χ0n) is 14.7. The molecule has 1 amide bonds. The van der Waals surface area contributed by atoms with E-state index in [1.54, 1.807) is 15.6 Å². The van der Waals surface area contributed by atoms with Crippen LogP contribution in [-0.4, -0.2) is 51.7 Å². The SMILES string of the molecule is Cc1nn(C)c(C)c1C(=O)N1CCN(Cc2cccc(F)c2F)CC1. The molecule has 0 atom stereocenters. The van der Waals surface area contributed by atoms with Crippen molar-refractivity contribution in [3.05, 3.63) is 52.3 Å². The molecular formula is C18H22F2N4O. The molecule has 0 aliphatic carbocycles. The van der Waals surface area contributed by atoms with Gasteiger partial charge in [0.25, 0.3) is 5.91 Å². The molecule has 0 bridgehead atoms. The van der Waals surface area contributed by atoms with Gasteiger partial charge in [-0.25, -0.2) is 8.78 Å². The molecule has 1 aliphatic rings. The minimum Gasteiger partial charge on any atom is -0.336 e. The lowest BCUT2D eigenvalue weighted by molar-refractivity contribution is 0.0625. The van der Waals surface area contributed by atoms with E-state index in [9.17, 15) is 13.6 Å². The largest absolute Gasteiger partial charge is 0.336 e. The Balaban J connectivity index is 1.64. The molecule has 25 heavy (non-hydrogen) atoms. The molecule has 0 spiro atoms. The highest BCUT2D eigenvalue weighted by Gasteiger charge is 2.26. The first-order chi connectivity index (χ1) is 11.9. The molecule has 0 radical (unpaired) electrons. The van der Waals surface area contributed by atoms with Crippen molar-refractivity contribution in [3.63, 3.8) is 0 Å². The lowest BCUT2D eigenvalue weighted by atomic mass is 10.1. The van der Waals surface area contributed by atoms with E-state index in [1.807, 2.05) is 25.8 Å². The van der Waals surface area contributed by atoms with Gasteiger partial charge in [-0.15, -0.1) is 0 Å². The van der Waals surface area contributed by atoms with E-state index in [-0.39, 0.29) is 5.91 Å². The van der Waals surface area contributed by atoms with E-state index in [1.165, 1.54) is 6.07 Å². The highest BCUT2D eigenvalue weighted by molar-refractivity contribution is 5.96. The van der Waals surface area contributed by atoms with Gasteiger partial charge in [-0.2, -0.15) is 5.10 Å². The molecule has 2 aromatic rings. The number of carbonyl (C=O) groups is 1. The number of aryl methyl sites for hydroxylation is 2. The summed E-state index contributed by atoms with van der Waals surface area (Å²) in [7, 11) is 1.82. The maximum Gasteiger partial charge on any atom is 0.257 e. The summed E-state index contributed by atoms with van der Waals surface area (Å²) in [6.07, 6.45) is 0. The maximum absolute atomic E-state index is 13.8. The second-order valence-electron chi connectivity index (χ2n) is 6.45. The van der Waals surface area contributed by atoms with E-state index >= 15 is 0 Å².